The Bertz CT molecular complexity index is 694. The molecule has 1 aromatic carbocycles. The van der Waals surface area contributed by atoms with Crippen molar-refractivity contribution in [1.29, 1.82) is 0 Å². The molecule has 0 spiro atoms. The molecule has 0 radical (unpaired) electrons. The van der Waals surface area contributed by atoms with Gasteiger partial charge in [-0.05, 0) is 31.9 Å². The molecule has 2 atom stereocenters. The molecular weight excluding hydrogens is 304 g/mol. The minimum atomic E-state index is -0.138. The van der Waals surface area contributed by atoms with E-state index in [4.69, 9.17) is 4.42 Å². The van der Waals surface area contributed by atoms with Crippen LogP contribution in [0, 0.1) is 5.92 Å². The van der Waals surface area contributed by atoms with Gasteiger partial charge in [-0.15, -0.1) is 0 Å². The monoisotopic (exact) mass is 328 g/mol. The Labute approximate surface area is 142 Å². The number of nitrogens with zero attached hydrogens (tertiary/aromatic N) is 1. The van der Waals surface area contributed by atoms with Crippen molar-refractivity contribution in [3.63, 3.8) is 0 Å². The highest BCUT2D eigenvalue weighted by Gasteiger charge is 2.31. The summed E-state index contributed by atoms with van der Waals surface area (Å²) in [5.41, 5.74) is 0.841. The van der Waals surface area contributed by atoms with Gasteiger partial charge in [0.1, 0.15) is 11.3 Å². The highest BCUT2D eigenvalue weighted by Crippen LogP contribution is 2.29. The molecule has 1 aliphatic heterocycles. The van der Waals surface area contributed by atoms with E-state index in [1.807, 2.05) is 42.2 Å². The Hall–Kier alpha value is -2.30. The lowest BCUT2D eigenvalue weighted by molar-refractivity contribution is -0.140. The number of rotatable bonds is 5. The van der Waals surface area contributed by atoms with Crippen LogP contribution in [0.15, 0.2) is 34.7 Å². The predicted octanol–water partition coefficient (Wildman–Crippen LogP) is 3.26. The molecule has 2 aromatic rings. The second-order valence-corrected chi connectivity index (χ2v) is 6.43. The first kappa shape index (κ1) is 16.6. The van der Waals surface area contributed by atoms with Crippen molar-refractivity contribution in [3.8, 4) is 0 Å². The molecule has 1 aromatic heterocycles. The van der Waals surface area contributed by atoms with Crippen molar-refractivity contribution < 1.29 is 14.0 Å². The predicted molar refractivity (Wildman–Crippen MR) is 92.4 cm³/mol. The molecule has 2 heterocycles. The van der Waals surface area contributed by atoms with Crippen LogP contribution in [0.25, 0.3) is 11.0 Å². The highest BCUT2D eigenvalue weighted by atomic mass is 16.3. The smallest absolute Gasteiger partial charge is 0.228 e. The lowest BCUT2D eigenvalue weighted by Crippen LogP contribution is -2.45. The molecule has 0 saturated carbocycles. The number of carbonyl (C=O) groups excluding carboxylic acids is 2. The molecule has 5 heteroatoms. The third-order valence-corrected chi connectivity index (χ3v) is 4.69. The summed E-state index contributed by atoms with van der Waals surface area (Å²) in [4.78, 5) is 26.2. The minimum absolute atomic E-state index is 0.0337. The molecule has 5 nitrogen and oxygen atoms in total. The maximum absolute atomic E-state index is 13.0. The molecule has 1 N–H and O–H groups in total. The van der Waals surface area contributed by atoms with Crippen molar-refractivity contribution in [3.05, 3.63) is 36.1 Å². The summed E-state index contributed by atoms with van der Waals surface area (Å²) in [6, 6.07) is 9.76. The van der Waals surface area contributed by atoms with Crippen LogP contribution < -0.4 is 5.32 Å². The van der Waals surface area contributed by atoms with Crippen molar-refractivity contribution >= 4 is 22.8 Å². The Kier molecular flexibility index (Phi) is 4.88. The van der Waals surface area contributed by atoms with E-state index in [1.165, 1.54) is 0 Å². The number of hydrogen-bond acceptors (Lipinski definition) is 3. The van der Waals surface area contributed by atoms with Crippen LogP contribution in [0.5, 0.6) is 0 Å². The zero-order valence-corrected chi connectivity index (χ0v) is 14.2. The van der Waals surface area contributed by atoms with E-state index in [2.05, 4.69) is 12.2 Å². The average Bonchev–Trinajstić information content (AvgIpc) is 3.03. The molecule has 0 unspecified atom stereocenters. The number of benzene rings is 1. The SMILES string of the molecule is CCCN(C(=O)[C@H]1CCC(=O)NC1)[C@@H](C)c1cc2ccccc2o1. The van der Waals surface area contributed by atoms with Crippen LogP contribution in [0.1, 0.15) is 44.9 Å². The maximum Gasteiger partial charge on any atom is 0.228 e. The summed E-state index contributed by atoms with van der Waals surface area (Å²) < 4.78 is 5.95. The van der Waals surface area contributed by atoms with Crippen LogP contribution in [-0.2, 0) is 9.59 Å². The normalized spacial score (nSPS) is 19.1. The van der Waals surface area contributed by atoms with E-state index in [1.54, 1.807) is 0 Å². The number of nitrogens with one attached hydrogen (secondary N) is 1. The molecular formula is C19H24N2O3. The number of fused-ring (bicyclic) bond motifs is 1. The average molecular weight is 328 g/mol. The van der Waals surface area contributed by atoms with Gasteiger partial charge in [0.25, 0.3) is 0 Å². The molecule has 1 aliphatic rings. The summed E-state index contributed by atoms with van der Waals surface area (Å²) in [7, 11) is 0. The molecule has 1 saturated heterocycles. The fourth-order valence-electron chi connectivity index (χ4n) is 3.28. The number of piperidine rings is 1. The summed E-state index contributed by atoms with van der Waals surface area (Å²) in [5.74, 6) is 0.801. The second-order valence-electron chi connectivity index (χ2n) is 6.43. The van der Waals surface area contributed by atoms with Gasteiger partial charge in [0.05, 0.1) is 12.0 Å². The fourth-order valence-corrected chi connectivity index (χ4v) is 3.28. The first-order chi connectivity index (χ1) is 11.6. The Morgan fingerprint density at radius 2 is 2.21 bits per heavy atom. The van der Waals surface area contributed by atoms with E-state index in [0.717, 1.165) is 23.2 Å². The van der Waals surface area contributed by atoms with E-state index >= 15 is 0 Å². The van der Waals surface area contributed by atoms with E-state index in [9.17, 15) is 9.59 Å². The molecule has 1 fully saturated rings. The van der Waals surface area contributed by atoms with E-state index < -0.39 is 0 Å². The topological polar surface area (TPSA) is 62.6 Å². The van der Waals surface area contributed by atoms with Crippen LogP contribution in [0.3, 0.4) is 0 Å². The molecule has 24 heavy (non-hydrogen) atoms. The molecule has 2 amide bonds. The van der Waals surface area contributed by atoms with Gasteiger partial charge in [-0.3, -0.25) is 9.59 Å². The quantitative estimate of drug-likeness (QED) is 0.916. The first-order valence-electron chi connectivity index (χ1n) is 8.65. The van der Waals surface area contributed by atoms with Crippen molar-refractivity contribution in [2.45, 2.75) is 39.2 Å². The van der Waals surface area contributed by atoms with Gasteiger partial charge in [-0.25, -0.2) is 0 Å². The molecule has 0 bridgehead atoms. The highest BCUT2D eigenvalue weighted by molar-refractivity contribution is 5.84. The molecule has 3 rings (SSSR count). The van der Waals surface area contributed by atoms with E-state index in [-0.39, 0.29) is 23.8 Å². The summed E-state index contributed by atoms with van der Waals surface area (Å²) in [5, 5.41) is 3.85. The Balaban J connectivity index is 1.80. The third-order valence-electron chi connectivity index (χ3n) is 4.69. The van der Waals surface area contributed by atoms with Crippen LogP contribution in [0.4, 0.5) is 0 Å². The number of carbonyl (C=O) groups is 2. The third kappa shape index (κ3) is 3.30. The second kappa shape index (κ2) is 7.07. The van der Waals surface area contributed by atoms with Gasteiger partial charge >= 0.3 is 0 Å². The fraction of sp³-hybridized carbons (Fsp3) is 0.474. The van der Waals surface area contributed by atoms with Crippen LogP contribution >= 0.6 is 0 Å². The van der Waals surface area contributed by atoms with Crippen molar-refractivity contribution in [1.82, 2.24) is 10.2 Å². The zero-order valence-electron chi connectivity index (χ0n) is 14.2. The van der Waals surface area contributed by atoms with E-state index in [0.29, 0.717) is 25.9 Å². The lowest BCUT2D eigenvalue weighted by atomic mass is 9.96. The van der Waals surface area contributed by atoms with Gasteiger partial charge < -0.3 is 14.6 Å². The number of para-hydroxylation sites is 1. The lowest BCUT2D eigenvalue weighted by Gasteiger charge is -2.32. The van der Waals surface area contributed by atoms with Gasteiger partial charge in [0, 0.05) is 24.9 Å². The molecule has 128 valence electrons. The first-order valence-corrected chi connectivity index (χ1v) is 8.65. The summed E-state index contributed by atoms with van der Waals surface area (Å²) >= 11 is 0. The standard InChI is InChI=1S/C19H24N2O3/c1-3-10-21(19(23)15-8-9-18(22)20-12-15)13(2)17-11-14-6-4-5-7-16(14)24-17/h4-7,11,13,15H,3,8-10,12H2,1-2H3,(H,20,22)/t13-,15-/m0/s1. The van der Waals surface area contributed by atoms with Crippen LogP contribution in [0.2, 0.25) is 0 Å². The maximum atomic E-state index is 13.0. The Morgan fingerprint density at radius 1 is 1.42 bits per heavy atom. The van der Waals surface area contributed by atoms with Gasteiger partial charge in [0.2, 0.25) is 11.8 Å². The zero-order chi connectivity index (χ0) is 17.1. The summed E-state index contributed by atoms with van der Waals surface area (Å²) in [6.07, 6.45) is 1.93. The number of amides is 2. The summed E-state index contributed by atoms with van der Waals surface area (Å²) in [6.45, 7) is 5.19. The largest absolute Gasteiger partial charge is 0.459 e. The van der Waals surface area contributed by atoms with Gasteiger partial charge in [-0.1, -0.05) is 25.1 Å². The van der Waals surface area contributed by atoms with Crippen LogP contribution in [-0.4, -0.2) is 29.8 Å². The minimum Gasteiger partial charge on any atom is -0.459 e. The van der Waals surface area contributed by atoms with Crippen molar-refractivity contribution in [2.75, 3.05) is 13.1 Å². The van der Waals surface area contributed by atoms with Gasteiger partial charge in [0.15, 0.2) is 0 Å². The van der Waals surface area contributed by atoms with Gasteiger partial charge in [-0.2, -0.15) is 0 Å². The van der Waals surface area contributed by atoms with Crippen molar-refractivity contribution in [2.24, 2.45) is 5.92 Å². The number of hydrogen-bond donors (Lipinski definition) is 1. The Morgan fingerprint density at radius 3 is 2.88 bits per heavy atom. The number of furan rings is 1. The molecule has 0 aliphatic carbocycles.